The van der Waals surface area contributed by atoms with Gasteiger partial charge in [0.25, 0.3) is 0 Å². The molecule has 7 nitrogen and oxygen atoms in total. The van der Waals surface area contributed by atoms with E-state index in [1.54, 1.807) is 11.3 Å². The Kier molecular flexibility index (Phi) is 8.29. The second-order valence-electron chi connectivity index (χ2n) is 6.34. The topological polar surface area (TPSA) is 78.6 Å². The summed E-state index contributed by atoms with van der Waals surface area (Å²) in [7, 11) is 1.96. The van der Waals surface area contributed by atoms with Gasteiger partial charge in [0.15, 0.2) is 11.8 Å². The van der Waals surface area contributed by atoms with Crippen molar-refractivity contribution >= 4 is 41.3 Å². The van der Waals surface area contributed by atoms with Crippen molar-refractivity contribution in [2.75, 3.05) is 19.6 Å². The molecule has 0 radical (unpaired) electrons. The number of aliphatic imine (C=N–C) groups is 1. The highest BCUT2D eigenvalue weighted by molar-refractivity contribution is 14.0. The van der Waals surface area contributed by atoms with Crippen molar-refractivity contribution in [2.45, 2.75) is 38.8 Å². The Morgan fingerprint density at radius 1 is 1.38 bits per heavy atom. The summed E-state index contributed by atoms with van der Waals surface area (Å²) in [4.78, 5) is 8.36. The van der Waals surface area contributed by atoms with Crippen LogP contribution >= 0.6 is 35.3 Å². The number of aliphatic hydroxyl groups excluding tert-OH is 1. The summed E-state index contributed by atoms with van der Waals surface area (Å²) in [5, 5.41) is 23.6. The molecule has 2 aromatic heterocycles. The molecule has 0 spiro atoms. The third-order valence-electron chi connectivity index (χ3n) is 4.55. The molecule has 1 aliphatic heterocycles. The predicted molar refractivity (Wildman–Crippen MR) is 115 cm³/mol. The van der Waals surface area contributed by atoms with E-state index in [4.69, 9.17) is 4.99 Å². The fourth-order valence-corrected chi connectivity index (χ4v) is 3.54. The number of hydrogen-bond acceptors (Lipinski definition) is 5. The average molecular weight is 490 g/mol. The van der Waals surface area contributed by atoms with Crippen LogP contribution in [-0.4, -0.2) is 56.5 Å². The molecule has 1 aliphatic rings. The van der Waals surface area contributed by atoms with Crippen molar-refractivity contribution in [1.82, 2.24) is 25.0 Å². The van der Waals surface area contributed by atoms with Crippen LogP contribution < -0.4 is 5.32 Å². The van der Waals surface area contributed by atoms with Crippen LogP contribution in [0.3, 0.4) is 0 Å². The maximum Gasteiger partial charge on any atom is 0.194 e. The molecule has 0 aromatic carbocycles. The molecule has 0 aliphatic carbocycles. The number of aromatic nitrogens is 3. The number of rotatable bonds is 5. The Labute approximate surface area is 175 Å². The van der Waals surface area contributed by atoms with Crippen molar-refractivity contribution in [1.29, 1.82) is 0 Å². The summed E-state index contributed by atoms with van der Waals surface area (Å²) in [6.07, 6.45) is 2.37. The number of likely N-dealkylation sites (tertiary alicyclic amines) is 1. The lowest BCUT2D eigenvalue weighted by molar-refractivity contribution is 0.108. The van der Waals surface area contributed by atoms with Crippen molar-refractivity contribution in [3.63, 3.8) is 0 Å². The third kappa shape index (κ3) is 5.65. The molecule has 2 aromatic rings. The average Bonchev–Trinajstić information content (AvgIpc) is 3.23. The molecule has 2 N–H and O–H groups in total. The molecular weight excluding hydrogens is 463 g/mol. The second-order valence-corrected chi connectivity index (χ2v) is 7.37. The van der Waals surface area contributed by atoms with Gasteiger partial charge in [-0.3, -0.25) is 0 Å². The Morgan fingerprint density at radius 2 is 2.15 bits per heavy atom. The zero-order valence-electron chi connectivity index (χ0n) is 15.3. The summed E-state index contributed by atoms with van der Waals surface area (Å²) < 4.78 is 1.97. The first-order chi connectivity index (χ1) is 12.1. The lowest BCUT2D eigenvalue weighted by Gasteiger charge is -2.32. The number of nitrogens with zero attached hydrogens (tertiary/aromatic N) is 5. The molecule has 3 heterocycles. The molecule has 26 heavy (non-hydrogen) atoms. The summed E-state index contributed by atoms with van der Waals surface area (Å²) in [6.45, 7) is 4.92. The molecule has 0 saturated carbocycles. The van der Waals surface area contributed by atoms with E-state index in [1.165, 1.54) is 4.88 Å². The minimum absolute atomic E-state index is 0. The van der Waals surface area contributed by atoms with E-state index in [2.05, 4.69) is 37.9 Å². The Morgan fingerprint density at radius 3 is 2.77 bits per heavy atom. The normalized spacial score (nSPS) is 15.8. The largest absolute Gasteiger partial charge is 0.393 e. The van der Waals surface area contributed by atoms with Gasteiger partial charge >= 0.3 is 0 Å². The van der Waals surface area contributed by atoms with Gasteiger partial charge in [-0.2, -0.15) is 0 Å². The zero-order valence-corrected chi connectivity index (χ0v) is 18.4. The number of thiophene rings is 1. The third-order valence-corrected chi connectivity index (χ3v) is 5.49. The van der Waals surface area contributed by atoms with E-state index < -0.39 is 0 Å². The number of aliphatic hydroxyl groups is 1. The number of guanidine groups is 1. The summed E-state index contributed by atoms with van der Waals surface area (Å²) >= 11 is 1.78. The zero-order chi connectivity index (χ0) is 17.6. The van der Waals surface area contributed by atoms with Crippen LogP contribution in [0.2, 0.25) is 0 Å². The molecule has 0 atom stereocenters. The highest BCUT2D eigenvalue weighted by Gasteiger charge is 2.20. The Bertz CT molecular complexity index is 694. The van der Waals surface area contributed by atoms with Gasteiger partial charge in [-0.25, -0.2) is 4.99 Å². The molecule has 3 rings (SSSR count). The fourth-order valence-electron chi connectivity index (χ4n) is 2.83. The van der Waals surface area contributed by atoms with Gasteiger partial charge < -0.3 is 19.9 Å². The van der Waals surface area contributed by atoms with Crippen LogP contribution in [-0.2, 0) is 20.0 Å². The van der Waals surface area contributed by atoms with Gasteiger partial charge in [-0.1, -0.05) is 6.07 Å². The van der Waals surface area contributed by atoms with Crippen molar-refractivity contribution in [2.24, 2.45) is 12.0 Å². The standard InChI is InChI=1S/C17H26N6OS.HI/c1-13-20-21-16(22(13)2)12-19-17(23-9-6-14(24)7-10-23)18-8-5-15-4-3-11-25-15;/h3-4,11,14,24H,5-10,12H2,1-2H3,(H,18,19);1H. The maximum absolute atomic E-state index is 9.75. The molecule has 1 saturated heterocycles. The van der Waals surface area contributed by atoms with Crippen molar-refractivity contribution < 1.29 is 5.11 Å². The van der Waals surface area contributed by atoms with Crippen LogP contribution in [0.4, 0.5) is 0 Å². The lowest BCUT2D eigenvalue weighted by Crippen LogP contribution is -2.47. The minimum Gasteiger partial charge on any atom is -0.393 e. The van der Waals surface area contributed by atoms with Crippen LogP contribution in [0.15, 0.2) is 22.5 Å². The highest BCUT2D eigenvalue weighted by Crippen LogP contribution is 2.12. The second kappa shape index (κ2) is 10.2. The summed E-state index contributed by atoms with van der Waals surface area (Å²) in [5.74, 6) is 2.63. The van der Waals surface area contributed by atoms with Crippen LogP contribution in [0.1, 0.15) is 29.4 Å². The van der Waals surface area contributed by atoms with Gasteiger partial charge in [-0.15, -0.1) is 45.5 Å². The quantitative estimate of drug-likeness (QED) is 0.381. The molecular formula is C17H27IN6OS. The number of nitrogens with one attached hydrogen (secondary N) is 1. The first-order valence-electron chi connectivity index (χ1n) is 8.72. The van der Waals surface area contributed by atoms with E-state index in [0.29, 0.717) is 6.54 Å². The van der Waals surface area contributed by atoms with Crippen LogP contribution in [0.5, 0.6) is 0 Å². The Balaban J connectivity index is 0.00000243. The lowest BCUT2D eigenvalue weighted by atomic mass is 10.1. The van der Waals surface area contributed by atoms with E-state index in [0.717, 1.165) is 56.5 Å². The fraction of sp³-hybridized carbons (Fsp3) is 0.588. The van der Waals surface area contributed by atoms with Gasteiger partial charge in [0, 0.05) is 31.6 Å². The van der Waals surface area contributed by atoms with Crippen molar-refractivity contribution in [3.8, 4) is 0 Å². The van der Waals surface area contributed by atoms with Gasteiger partial charge in [0.1, 0.15) is 12.4 Å². The summed E-state index contributed by atoms with van der Waals surface area (Å²) in [5.41, 5.74) is 0. The van der Waals surface area contributed by atoms with Gasteiger partial charge in [0.05, 0.1) is 6.10 Å². The minimum atomic E-state index is -0.190. The molecule has 144 valence electrons. The molecule has 0 unspecified atom stereocenters. The number of piperidine rings is 1. The SMILES string of the molecule is Cc1nnc(CN=C(NCCc2cccs2)N2CCC(O)CC2)n1C.I. The van der Waals surface area contributed by atoms with Gasteiger partial charge in [-0.05, 0) is 37.6 Å². The molecule has 0 bridgehead atoms. The van der Waals surface area contributed by atoms with E-state index in [-0.39, 0.29) is 30.1 Å². The van der Waals surface area contributed by atoms with Crippen LogP contribution in [0.25, 0.3) is 0 Å². The van der Waals surface area contributed by atoms with E-state index in [9.17, 15) is 5.11 Å². The van der Waals surface area contributed by atoms with Gasteiger partial charge in [0.2, 0.25) is 0 Å². The Hall–Kier alpha value is -1.20. The summed E-state index contributed by atoms with van der Waals surface area (Å²) in [6, 6.07) is 4.24. The van der Waals surface area contributed by atoms with Crippen molar-refractivity contribution in [3.05, 3.63) is 34.0 Å². The smallest absolute Gasteiger partial charge is 0.194 e. The number of halogens is 1. The predicted octanol–water partition coefficient (Wildman–Crippen LogP) is 1.95. The maximum atomic E-state index is 9.75. The van der Waals surface area contributed by atoms with E-state index >= 15 is 0 Å². The molecule has 0 amide bonds. The molecule has 1 fully saturated rings. The van der Waals surface area contributed by atoms with Crippen LogP contribution in [0, 0.1) is 6.92 Å². The number of hydrogen-bond donors (Lipinski definition) is 2. The molecule has 9 heteroatoms. The monoisotopic (exact) mass is 490 g/mol. The first-order valence-corrected chi connectivity index (χ1v) is 9.60. The number of aryl methyl sites for hydroxylation is 1. The first kappa shape index (κ1) is 21.1. The van der Waals surface area contributed by atoms with E-state index in [1.807, 2.05) is 18.5 Å². The highest BCUT2D eigenvalue weighted by atomic mass is 127.